The third-order valence-electron chi connectivity index (χ3n) is 2.31. The predicted octanol–water partition coefficient (Wildman–Crippen LogP) is 3.44. The number of halogens is 2. The van der Waals surface area contributed by atoms with E-state index < -0.39 is 0 Å². The van der Waals surface area contributed by atoms with Crippen molar-refractivity contribution in [2.45, 2.75) is 0 Å². The van der Waals surface area contributed by atoms with Gasteiger partial charge in [0.25, 0.3) is 0 Å². The lowest BCUT2D eigenvalue weighted by Gasteiger charge is -2.11. The first-order valence-corrected chi connectivity index (χ1v) is 7.34. The van der Waals surface area contributed by atoms with Gasteiger partial charge in [-0.2, -0.15) is 0 Å². The Labute approximate surface area is 137 Å². The van der Waals surface area contributed by atoms with Crippen molar-refractivity contribution in [2.75, 3.05) is 7.11 Å². The van der Waals surface area contributed by atoms with Crippen molar-refractivity contribution >= 4 is 49.1 Å². The molecule has 1 aromatic heterocycles. The van der Waals surface area contributed by atoms with Crippen LogP contribution in [0.5, 0.6) is 17.4 Å². The molecule has 0 spiro atoms. The van der Waals surface area contributed by atoms with Crippen LogP contribution in [0.4, 0.5) is 0 Å². The van der Waals surface area contributed by atoms with E-state index in [1.165, 1.54) is 12.4 Å². The number of ether oxygens (including phenoxy) is 2. The second kappa shape index (κ2) is 6.47. The summed E-state index contributed by atoms with van der Waals surface area (Å²) in [7, 11) is 1.58. The van der Waals surface area contributed by atoms with Gasteiger partial charge in [0, 0.05) is 12.4 Å². The number of hydrogen-bond acceptors (Lipinski definition) is 5. The van der Waals surface area contributed by atoms with Gasteiger partial charge in [0.05, 0.1) is 16.1 Å². The van der Waals surface area contributed by atoms with Crippen molar-refractivity contribution in [2.24, 2.45) is 5.73 Å². The van der Waals surface area contributed by atoms with Crippen molar-refractivity contribution in [3.8, 4) is 17.4 Å². The lowest BCUT2D eigenvalue weighted by atomic mass is 10.3. The number of rotatable bonds is 4. The number of nitrogens with two attached hydrogens (primary N) is 1. The maximum Gasteiger partial charge on any atom is 0.248 e. The summed E-state index contributed by atoms with van der Waals surface area (Å²) in [4.78, 5) is 8.27. The van der Waals surface area contributed by atoms with E-state index in [4.69, 9.17) is 27.4 Å². The Bertz CT molecular complexity index is 667. The molecule has 1 aromatic carbocycles. The second-order valence-corrected chi connectivity index (χ2v) is 5.74. The number of hydrogen-bond donors (Lipinski definition) is 1. The first-order valence-electron chi connectivity index (χ1n) is 5.34. The van der Waals surface area contributed by atoms with Gasteiger partial charge in [0.1, 0.15) is 16.5 Å². The average molecular weight is 419 g/mol. The highest BCUT2D eigenvalue weighted by molar-refractivity contribution is 9.11. The molecule has 20 heavy (non-hydrogen) atoms. The van der Waals surface area contributed by atoms with Gasteiger partial charge < -0.3 is 15.2 Å². The van der Waals surface area contributed by atoms with E-state index in [1.807, 2.05) is 0 Å². The summed E-state index contributed by atoms with van der Waals surface area (Å²) in [6, 6.07) is 3.52. The van der Waals surface area contributed by atoms with Gasteiger partial charge in [-0.3, -0.25) is 0 Å². The smallest absolute Gasteiger partial charge is 0.248 e. The van der Waals surface area contributed by atoms with Crippen LogP contribution in [0.3, 0.4) is 0 Å². The minimum atomic E-state index is 0.122. The summed E-state index contributed by atoms with van der Waals surface area (Å²) in [5, 5.41) is 0. The van der Waals surface area contributed by atoms with Crippen molar-refractivity contribution in [1.82, 2.24) is 9.97 Å². The molecule has 0 amide bonds. The first-order chi connectivity index (χ1) is 9.52. The molecule has 2 N–H and O–H groups in total. The zero-order valence-electron chi connectivity index (χ0n) is 10.3. The third kappa shape index (κ3) is 3.25. The van der Waals surface area contributed by atoms with Crippen LogP contribution in [0.2, 0.25) is 0 Å². The highest BCUT2D eigenvalue weighted by atomic mass is 79.9. The Kier molecular flexibility index (Phi) is 4.90. The number of nitrogens with zero attached hydrogens (tertiary/aromatic N) is 2. The highest BCUT2D eigenvalue weighted by Gasteiger charge is 2.14. The summed E-state index contributed by atoms with van der Waals surface area (Å²) in [5.74, 6) is 1.46. The van der Waals surface area contributed by atoms with Crippen molar-refractivity contribution in [3.63, 3.8) is 0 Å². The first kappa shape index (κ1) is 15.1. The van der Waals surface area contributed by atoms with Crippen molar-refractivity contribution < 1.29 is 9.47 Å². The van der Waals surface area contributed by atoms with Gasteiger partial charge >= 0.3 is 0 Å². The Hall–Kier alpha value is -1.25. The van der Waals surface area contributed by atoms with Gasteiger partial charge in [-0.05, 0) is 44.0 Å². The van der Waals surface area contributed by atoms with Gasteiger partial charge in [-0.15, -0.1) is 0 Å². The second-order valence-electron chi connectivity index (χ2n) is 3.59. The molecular weight excluding hydrogens is 410 g/mol. The van der Waals surface area contributed by atoms with Crippen LogP contribution in [0.25, 0.3) is 0 Å². The Morgan fingerprint density at radius 1 is 1.15 bits per heavy atom. The van der Waals surface area contributed by atoms with Gasteiger partial charge in [-0.25, -0.2) is 9.97 Å². The topological polar surface area (TPSA) is 70.3 Å². The largest absolute Gasteiger partial charge is 0.496 e. The van der Waals surface area contributed by atoms with E-state index in [9.17, 15) is 0 Å². The van der Waals surface area contributed by atoms with E-state index in [0.29, 0.717) is 21.7 Å². The molecule has 5 nitrogen and oxygen atoms in total. The molecule has 1 heterocycles. The predicted molar refractivity (Wildman–Crippen MR) is 86.4 cm³/mol. The minimum absolute atomic E-state index is 0.122. The van der Waals surface area contributed by atoms with E-state index in [2.05, 4.69) is 41.8 Å². The van der Waals surface area contributed by atoms with Crippen LogP contribution in [0, 0.1) is 0 Å². The van der Waals surface area contributed by atoms with Crippen LogP contribution in [0.1, 0.15) is 5.69 Å². The monoisotopic (exact) mass is 417 g/mol. The standard InChI is InChI=1S/C12H9Br2N3O2S/c1-18-8-4-7(14)9(5-6(8)13)19-12-10(11(15)20)16-2-3-17-12/h2-5H,1H3,(H2,15,20). The average Bonchev–Trinajstić information content (AvgIpc) is 2.42. The van der Waals surface area contributed by atoms with Crippen LogP contribution in [0.15, 0.2) is 33.5 Å². The fourth-order valence-electron chi connectivity index (χ4n) is 1.42. The molecule has 0 aliphatic heterocycles. The summed E-state index contributed by atoms with van der Waals surface area (Å²) in [6.07, 6.45) is 3.00. The van der Waals surface area contributed by atoms with Crippen molar-refractivity contribution in [3.05, 3.63) is 39.2 Å². The summed E-state index contributed by atoms with van der Waals surface area (Å²) in [6.45, 7) is 0. The molecule has 0 unspecified atom stereocenters. The van der Waals surface area contributed by atoms with Crippen molar-refractivity contribution in [1.29, 1.82) is 0 Å². The summed E-state index contributed by atoms with van der Waals surface area (Å²) >= 11 is 11.7. The van der Waals surface area contributed by atoms with Crippen LogP contribution in [-0.2, 0) is 0 Å². The maximum atomic E-state index is 5.71. The molecule has 2 rings (SSSR count). The number of aromatic nitrogens is 2. The van der Waals surface area contributed by atoms with Gasteiger partial charge in [0.2, 0.25) is 5.88 Å². The van der Waals surface area contributed by atoms with E-state index in [1.54, 1.807) is 19.2 Å². The summed E-state index contributed by atoms with van der Waals surface area (Å²) in [5.41, 5.74) is 5.92. The normalized spacial score (nSPS) is 10.2. The number of methoxy groups -OCH3 is 1. The van der Waals surface area contributed by atoms with Crippen LogP contribution >= 0.6 is 44.1 Å². The van der Waals surface area contributed by atoms with Crippen LogP contribution < -0.4 is 15.2 Å². The lowest BCUT2D eigenvalue weighted by molar-refractivity contribution is 0.408. The molecule has 0 atom stereocenters. The SMILES string of the molecule is COc1cc(Br)c(Oc2nccnc2C(N)=S)cc1Br. The molecular formula is C12H9Br2N3O2S. The Balaban J connectivity index is 2.40. The molecule has 0 bridgehead atoms. The molecule has 2 aromatic rings. The minimum Gasteiger partial charge on any atom is -0.496 e. The summed E-state index contributed by atoms with van der Waals surface area (Å²) < 4.78 is 12.4. The van der Waals surface area contributed by atoms with E-state index in [-0.39, 0.29) is 10.9 Å². The molecule has 0 aliphatic rings. The molecule has 0 saturated heterocycles. The Morgan fingerprint density at radius 3 is 2.40 bits per heavy atom. The third-order valence-corrected chi connectivity index (χ3v) is 3.74. The maximum absolute atomic E-state index is 5.71. The van der Waals surface area contributed by atoms with Crippen LogP contribution in [-0.4, -0.2) is 22.1 Å². The zero-order chi connectivity index (χ0) is 14.7. The quantitative estimate of drug-likeness (QED) is 0.767. The molecule has 8 heteroatoms. The van der Waals surface area contributed by atoms with E-state index in [0.717, 1.165) is 4.47 Å². The number of benzene rings is 1. The molecule has 0 fully saturated rings. The van der Waals surface area contributed by atoms with Gasteiger partial charge in [0.15, 0.2) is 5.69 Å². The highest BCUT2D eigenvalue weighted by Crippen LogP contribution is 2.38. The van der Waals surface area contributed by atoms with E-state index >= 15 is 0 Å². The lowest BCUT2D eigenvalue weighted by Crippen LogP contribution is -2.13. The zero-order valence-corrected chi connectivity index (χ0v) is 14.3. The fourth-order valence-corrected chi connectivity index (χ4v) is 2.45. The molecule has 0 radical (unpaired) electrons. The molecule has 0 aliphatic carbocycles. The van der Waals surface area contributed by atoms with Gasteiger partial charge in [-0.1, -0.05) is 12.2 Å². The number of thiocarbonyl (C=S) groups is 1. The molecule has 104 valence electrons. The molecule has 0 saturated carbocycles. The fraction of sp³-hybridized carbons (Fsp3) is 0.0833. The Morgan fingerprint density at radius 2 is 1.75 bits per heavy atom.